The standard InChI is InChI=1S/C13H11ClN2O/c1-9-3-2-4-12(14)13(9)16-8-11-6-5-10(7-15)17-11/h2-6,16H,8H2,1H3. The Kier molecular flexibility index (Phi) is 3.36. The summed E-state index contributed by atoms with van der Waals surface area (Å²) in [6, 6.07) is 11.1. The highest BCUT2D eigenvalue weighted by Gasteiger charge is 2.05. The van der Waals surface area contributed by atoms with E-state index in [4.69, 9.17) is 21.3 Å². The molecule has 0 bridgehead atoms. The number of aryl methyl sites for hydroxylation is 1. The van der Waals surface area contributed by atoms with Crippen LogP contribution in [0.3, 0.4) is 0 Å². The van der Waals surface area contributed by atoms with Gasteiger partial charge in [-0.1, -0.05) is 23.7 Å². The largest absolute Gasteiger partial charge is 0.449 e. The number of para-hydroxylation sites is 1. The molecule has 0 saturated carbocycles. The van der Waals surface area contributed by atoms with Crippen LogP contribution >= 0.6 is 11.6 Å². The molecular weight excluding hydrogens is 236 g/mol. The molecule has 0 radical (unpaired) electrons. The molecule has 0 amide bonds. The summed E-state index contributed by atoms with van der Waals surface area (Å²) in [6.07, 6.45) is 0. The van der Waals surface area contributed by atoms with E-state index in [1.165, 1.54) is 0 Å². The van der Waals surface area contributed by atoms with Crippen LogP contribution < -0.4 is 5.32 Å². The molecule has 0 spiro atoms. The van der Waals surface area contributed by atoms with Gasteiger partial charge in [-0.25, -0.2) is 0 Å². The van der Waals surface area contributed by atoms with Crippen LogP contribution in [0.25, 0.3) is 0 Å². The molecule has 1 N–H and O–H groups in total. The summed E-state index contributed by atoms with van der Waals surface area (Å²) in [4.78, 5) is 0. The number of hydrogen-bond donors (Lipinski definition) is 1. The molecule has 0 unspecified atom stereocenters. The van der Waals surface area contributed by atoms with Gasteiger partial charge >= 0.3 is 0 Å². The van der Waals surface area contributed by atoms with Crippen LogP contribution in [-0.2, 0) is 6.54 Å². The molecule has 0 aliphatic carbocycles. The predicted octanol–water partition coefficient (Wildman–Crippen LogP) is 3.73. The molecule has 1 heterocycles. The molecule has 0 aliphatic heterocycles. The van der Waals surface area contributed by atoms with Gasteiger partial charge in [-0.3, -0.25) is 0 Å². The number of anilines is 1. The Bertz CT molecular complexity index is 549. The second kappa shape index (κ2) is 4.94. The molecule has 17 heavy (non-hydrogen) atoms. The molecule has 2 aromatic rings. The molecule has 4 heteroatoms. The molecule has 0 aliphatic rings. The van der Waals surface area contributed by atoms with Crippen molar-refractivity contribution in [1.82, 2.24) is 0 Å². The van der Waals surface area contributed by atoms with Crippen molar-refractivity contribution >= 4 is 17.3 Å². The van der Waals surface area contributed by atoms with Gasteiger partial charge in [0.15, 0.2) is 0 Å². The first-order chi connectivity index (χ1) is 8.20. The molecule has 0 atom stereocenters. The van der Waals surface area contributed by atoms with Crippen molar-refractivity contribution in [1.29, 1.82) is 5.26 Å². The monoisotopic (exact) mass is 246 g/mol. The van der Waals surface area contributed by atoms with E-state index in [0.717, 1.165) is 11.3 Å². The summed E-state index contributed by atoms with van der Waals surface area (Å²) in [5, 5.41) is 12.5. The molecule has 0 fully saturated rings. The third-order valence-electron chi connectivity index (χ3n) is 2.43. The molecule has 86 valence electrons. The van der Waals surface area contributed by atoms with Gasteiger partial charge in [0.05, 0.1) is 17.3 Å². The second-order valence-corrected chi connectivity index (χ2v) is 4.07. The number of nitriles is 1. The van der Waals surface area contributed by atoms with Gasteiger partial charge in [0.2, 0.25) is 5.76 Å². The Labute approximate surface area is 105 Å². The van der Waals surface area contributed by atoms with Crippen molar-refractivity contribution < 1.29 is 4.42 Å². The predicted molar refractivity (Wildman–Crippen MR) is 66.9 cm³/mol. The van der Waals surface area contributed by atoms with Crippen molar-refractivity contribution in [2.24, 2.45) is 0 Å². The van der Waals surface area contributed by atoms with Gasteiger partial charge in [-0.05, 0) is 30.7 Å². The highest BCUT2D eigenvalue weighted by atomic mass is 35.5. The fourth-order valence-corrected chi connectivity index (χ4v) is 1.85. The summed E-state index contributed by atoms with van der Waals surface area (Å²) in [6.45, 7) is 2.49. The van der Waals surface area contributed by atoms with Crippen molar-refractivity contribution in [3.63, 3.8) is 0 Å². The van der Waals surface area contributed by atoms with Crippen LogP contribution in [0.15, 0.2) is 34.7 Å². The number of furan rings is 1. The molecule has 2 rings (SSSR count). The number of nitrogens with zero attached hydrogens (tertiary/aromatic N) is 1. The maximum atomic E-state index is 8.64. The maximum absolute atomic E-state index is 8.64. The summed E-state index contributed by atoms with van der Waals surface area (Å²) >= 11 is 6.08. The van der Waals surface area contributed by atoms with Gasteiger partial charge < -0.3 is 9.73 Å². The SMILES string of the molecule is Cc1cccc(Cl)c1NCc1ccc(C#N)o1. The topological polar surface area (TPSA) is 49.0 Å². The molecule has 1 aromatic carbocycles. The van der Waals surface area contributed by atoms with E-state index >= 15 is 0 Å². The molecule has 3 nitrogen and oxygen atoms in total. The lowest BCUT2D eigenvalue weighted by Crippen LogP contribution is -2.00. The summed E-state index contributed by atoms with van der Waals surface area (Å²) in [5.41, 5.74) is 1.97. The smallest absolute Gasteiger partial charge is 0.203 e. The van der Waals surface area contributed by atoms with Gasteiger partial charge in [-0.2, -0.15) is 5.26 Å². The van der Waals surface area contributed by atoms with Crippen LogP contribution in [0.2, 0.25) is 5.02 Å². The Morgan fingerprint density at radius 3 is 2.82 bits per heavy atom. The minimum Gasteiger partial charge on any atom is -0.449 e. The summed E-state index contributed by atoms with van der Waals surface area (Å²) in [5.74, 6) is 1.03. The second-order valence-electron chi connectivity index (χ2n) is 3.66. The van der Waals surface area contributed by atoms with Crippen LogP contribution in [0.4, 0.5) is 5.69 Å². The van der Waals surface area contributed by atoms with Crippen molar-refractivity contribution in [2.75, 3.05) is 5.32 Å². The van der Waals surface area contributed by atoms with Crippen LogP contribution in [-0.4, -0.2) is 0 Å². The van der Waals surface area contributed by atoms with Gasteiger partial charge in [-0.15, -0.1) is 0 Å². The Morgan fingerprint density at radius 1 is 1.35 bits per heavy atom. The first-order valence-electron chi connectivity index (χ1n) is 5.18. The first-order valence-corrected chi connectivity index (χ1v) is 5.56. The zero-order valence-corrected chi connectivity index (χ0v) is 10.1. The minimum atomic E-state index is 0.317. The van der Waals surface area contributed by atoms with Crippen LogP contribution in [0.5, 0.6) is 0 Å². The third kappa shape index (κ3) is 2.61. The number of hydrogen-bond acceptors (Lipinski definition) is 3. The normalized spacial score (nSPS) is 9.94. The lowest BCUT2D eigenvalue weighted by Gasteiger charge is -2.09. The first kappa shape index (κ1) is 11.6. The van der Waals surface area contributed by atoms with Gasteiger partial charge in [0, 0.05) is 0 Å². The van der Waals surface area contributed by atoms with Crippen molar-refractivity contribution in [3.8, 4) is 6.07 Å². The highest BCUT2D eigenvalue weighted by molar-refractivity contribution is 6.33. The van der Waals surface area contributed by atoms with Crippen LogP contribution in [0, 0.1) is 18.3 Å². The van der Waals surface area contributed by atoms with Gasteiger partial charge in [0.1, 0.15) is 11.8 Å². The zero-order valence-electron chi connectivity index (χ0n) is 9.33. The van der Waals surface area contributed by atoms with Gasteiger partial charge in [0.25, 0.3) is 0 Å². The fourth-order valence-electron chi connectivity index (χ4n) is 1.56. The van der Waals surface area contributed by atoms with E-state index in [1.807, 2.05) is 31.2 Å². The van der Waals surface area contributed by atoms with E-state index in [9.17, 15) is 0 Å². The summed E-state index contributed by atoms with van der Waals surface area (Å²) < 4.78 is 5.27. The summed E-state index contributed by atoms with van der Waals surface area (Å²) in [7, 11) is 0. The third-order valence-corrected chi connectivity index (χ3v) is 2.75. The highest BCUT2D eigenvalue weighted by Crippen LogP contribution is 2.25. The Hall–Kier alpha value is -1.92. The molecule has 1 aromatic heterocycles. The minimum absolute atomic E-state index is 0.317. The molecular formula is C13H11ClN2O. The van der Waals surface area contributed by atoms with E-state index in [0.29, 0.717) is 23.1 Å². The Morgan fingerprint density at radius 2 is 2.18 bits per heavy atom. The van der Waals surface area contributed by atoms with Crippen LogP contribution in [0.1, 0.15) is 17.1 Å². The van der Waals surface area contributed by atoms with E-state index in [2.05, 4.69) is 5.32 Å². The number of benzene rings is 1. The van der Waals surface area contributed by atoms with E-state index in [1.54, 1.807) is 12.1 Å². The maximum Gasteiger partial charge on any atom is 0.203 e. The van der Waals surface area contributed by atoms with Crippen molar-refractivity contribution in [2.45, 2.75) is 13.5 Å². The van der Waals surface area contributed by atoms with E-state index in [-0.39, 0.29) is 0 Å². The zero-order chi connectivity index (χ0) is 12.3. The fraction of sp³-hybridized carbons (Fsp3) is 0.154. The lowest BCUT2D eigenvalue weighted by molar-refractivity contribution is 0.506. The van der Waals surface area contributed by atoms with E-state index < -0.39 is 0 Å². The average molecular weight is 247 g/mol. The lowest BCUT2D eigenvalue weighted by atomic mass is 10.2. The molecule has 0 saturated heterocycles. The quantitative estimate of drug-likeness (QED) is 0.898. The number of halogens is 1. The number of rotatable bonds is 3. The van der Waals surface area contributed by atoms with Crippen molar-refractivity contribution in [3.05, 3.63) is 52.4 Å². The number of nitrogens with one attached hydrogen (secondary N) is 1. The Balaban J connectivity index is 2.10. The average Bonchev–Trinajstić information content (AvgIpc) is 2.76.